The van der Waals surface area contributed by atoms with E-state index in [9.17, 15) is 9.59 Å². The Morgan fingerprint density at radius 2 is 1.87 bits per heavy atom. The summed E-state index contributed by atoms with van der Waals surface area (Å²) in [7, 11) is 0. The molecule has 0 unspecified atom stereocenters. The average Bonchev–Trinajstić information content (AvgIpc) is 3.33. The number of hydrogen-bond donors (Lipinski definition) is 2. The monoisotopic (exact) mass is 419 g/mol. The second-order valence-electron chi connectivity index (χ2n) is 7.28. The lowest BCUT2D eigenvalue weighted by atomic mass is 10.1. The van der Waals surface area contributed by atoms with Crippen LogP contribution in [0.3, 0.4) is 0 Å². The first kappa shape index (κ1) is 19.8. The molecule has 0 fully saturated rings. The van der Waals surface area contributed by atoms with Gasteiger partial charge in [0.1, 0.15) is 0 Å². The van der Waals surface area contributed by atoms with Crippen molar-refractivity contribution in [2.45, 2.75) is 26.8 Å². The molecule has 0 saturated carbocycles. The third-order valence-corrected chi connectivity index (χ3v) is 5.74. The number of rotatable bonds is 5. The van der Waals surface area contributed by atoms with Gasteiger partial charge in [-0.15, -0.1) is 11.3 Å². The molecule has 1 aromatic carbocycles. The van der Waals surface area contributed by atoms with E-state index in [1.807, 2.05) is 37.6 Å². The predicted octanol–water partition coefficient (Wildman–Crippen LogP) is 4.40. The van der Waals surface area contributed by atoms with Crippen molar-refractivity contribution in [3.05, 3.63) is 64.7 Å². The summed E-state index contributed by atoms with van der Waals surface area (Å²) in [5.74, 6) is -0.784. The summed E-state index contributed by atoms with van der Waals surface area (Å²) < 4.78 is 1.82. The number of nitrogens with zero attached hydrogens (tertiary/aromatic N) is 3. The first-order valence-electron chi connectivity index (χ1n) is 9.50. The number of amides is 2. The van der Waals surface area contributed by atoms with Crippen LogP contribution in [0.4, 0.5) is 5.69 Å². The van der Waals surface area contributed by atoms with E-state index in [2.05, 4.69) is 10.4 Å². The molecular weight excluding hydrogens is 398 g/mol. The van der Waals surface area contributed by atoms with E-state index in [1.54, 1.807) is 47.9 Å². The maximum Gasteiger partial charge on any atom is 0.256 e. The van der Waals surface area contributed by atoms with Gasteiger partial charge < -0.3 is 11.1 Å². The van der Waals surface area contributed by atoms with Crippen molar-refractivity contribution in [3.8, 4) is 10.6 Å². The summed E-state index contributed by atoms with van der Waals surface area (Å²) in [6.45, 7) is 6.08. The van der Waals surface area contributed by atoms with Crippen LogP contribution in [-0.4, -0.2) is 26.6 Å². The minimum absolute atomic E-state index is 0.104. The van der Waals surface area contributed by atoms with Gasteiger partial charge in [-0.3, -0.25) is 9.59 Å². The van der Waals surface area contributed by atoms with Gasteiger partial charge in [0, 0.05) is 22.2 Å². The largest absolute Gasteiger partial charge is 0.366 e. The molecule has 4 aromatic rings. The summed E-state index contributed by atoms with van der Waals surface area (Å²) >= 11 is 1.63. The summed E-state index contributed by atoms with van der Waals surface area (Å²) in [4.78, 5) is 31.4. The van der Waals surface area contributed by atoms with Crippen LogP contribution in [0.2, 0.25) is 0 Å². The van der Waals surface area contributed by atoms with E-state index < -0.39 is 5.91 Å². The maximum atomic E-state index is 13.2. The van der Waals surface area contributed by atoms with E-state index in [4.69, 9.17) is 10.7 Å². The average molecular weight is 420 g/mol. The Labute approximate surface area is 177 Å². The summed E-state index contributed by atoms with van der Waals surface area (Å²) in [6, 6.07) is 12.4. The molecule has 3 N–H and O–H groups in total. The molecule has 3 aromatic heterocycles. The number of aryl methyl sites for hydroxylation is 1. The highest BCUT2D eigenvalue weighted by molar-refractivity contribution is 7.15. The van der Waals surface area contributed by atoms with Crippen molar-refractivity contribution >= 4 is 39.9 Å². The summed E-state index contributed by atoms with van der Waals surface area (Å²) in [5.41, 5.74) is 8.12. The van der Waals surface area contributed by atoms with Crippen LogP contribution < -0.4 is 11.1 Å². The molecular formula is C22H21N5O2S. The van der Waals surface area contributed by atoms with Gasteiger partial charge in [0.25, 0.3) is 5.91 Å². The maximum absolute atomic E-state index is 13.2. The zero-order chi connectivity index (χ0) is 21.4. The fraction of sp³-hybridized carbons (Fsp3) is 0.182. The van der Waals surface area contributed by atoms with Crippen molar-refractivity contribution in [1.82, 2.24) is 14.8 Å². The van der Waals surface area contributed by atoms with E-state index in [1.165, 1.54) is 4.88 Å². The Morgan fingerprint density at radius 3 is 2.47 bits per heavy atom. The number of carbonyl (C=O) groups excluding carboxylic acids is 2. The van der Waals surface area contributed by atoms with Crippen LogP contribution in [-0.2, 0) is 0 Å². The minimum Gasteiger partial charge on any atom is -0.366 e. The van der Waals surface area contributed by atoms with Crippen LogP contribution in [0.5, 0.6) is 0 Å². The standard InChI is InChI=1S/C22H21N5O2S/c1-12(2)27-21-17(11-24-27)16(10-18(26-21)19-9-4-13(3)30-19)22(29)25-15-7-5-14(6-8-15)20(23)28/h4-12H,1-3H3,(H2,23,28)(H,25,29). The van der Waals surface area contributed by atoms with Crippen molar-refractivity contribution in [3.63, 3.8) is 0 Å². The van der Waals surface area contributed by atoms with Crippen molar-refractivity contribution in [1.29, 1.82) is 0 Å². The Hall–Kier alpha value is -3.52. The number of pyridine rings is 1. The Morgan fingerprint density at radius 1 is 1.13 bits per heavy atom. The fourth-order valence-corrected chi connectivity index (χ4v) is 4.03. The highest BCUT2D eigenvalue weighted by Crippen LogP contribution is 2.31. The molecule has 0 spiro atoms. The first-order chi connectivity index (χ1) is 14.3. The zero-order valence-electron chi connectivity index (χ0n) is 16.8. The molecule has 3 heterocycles. The Bertz CT molecular complexity index is 1250. The first-order valence-corrected chi connectivity index (χ1v) is 10.3. The summed E-state index contributed by atoms with van der Waals surface area (Å²) in [6.07, 6.45) is 1.68. The topological polar surface area (TPSA) is 103 Å². The molecule has 152 valence electrons. The highest BCUT2D eigenvalue weighted by atomic mass is 32.1. The molecule has 0 aliphatic rings. The third kappa shape index (κ3) is 3.69. The van der Waals surface area contributed by atoms with Crippen LogP contribution in [0, 0.1) is 6.92 Å². The summed E-state index contributed by atoms with van der Waals surface area (Å²) in [5, 5.41) is 8.02. The number of anilines is 1. The van der Waals surface area contributed by atoms with E-state index >= 15 is 0 Å². The molecule has 8 heteroatoms. The number of hydrogen-bond acceptors (Lipinski definition) is 5. The smallest absolute Gasteiger partial charge is 0.256 e. The van der Waals surface area contributed by atoms with Crippen LogP contribution >= 0.6 is 11.3 Å². The van der Waals surface area contributed by atoms with Gasteiger partial charge in [0.15, 0.2) is 5.65 Å². The van der Waals surface area contributed by atoms with Crippen molar-refractivity contribution < 1.29 is 9.59 Å². The van der Waals surface area contributed by atoms with Gasteiger partial charge in [-0.05, 0) is 63.2 Å². The number of nitrogens with two attached hydrogens (primary N) is 1. The predicted molar refractivity (Wildman–Crippen MR) is 119 cm³/mol. The lowest BCUT2D eigenvalue weighted by Crippen LogP contribution is -2.14. The number of benzene rings is 1. The molecule has 0 saturated heterocycles. The second kappa shape index (κ2) is 7.72. The van der Waals surface area contributed by atoms with Gasteiger partial charge >= 0.3 is 0 Å². The Balaban J connectivity index is 1.78. The molecule has 0 radical (unpaired) electrons. The minimum atomic E-state index is -0.513. The van der Waals surface area contributed by atoms with Crippen molar-refractivity contribution in [2.75, 3.05) is 5.32 Å². The normalized spacial score (nSPS) is 11.2. The number of aromatic nitrogens is 3. The number of primary amides is 1. The van der Waals surface area contributed by atoms with Gasteiger partial charge in [-0.2, -0.15) is 5.10 Å². The van der Waals surface area contributed by atoms with Gasteiger partial charge in [0.2, 0.25) is 5.91 Å². The molecule has 0 atom stereocenters. The molecule has 2 amide bonds. The molecule has 0 aliphatic carbocycles. The molecule has 7 nitrogen and oxygen atoms in total. The zero-order valence-corrected chi connectivity index (χ0v) is 17.7. The number of carbonyl (C=O) groups is 2. The quantitative estimate of drug-likeness (QED) is 0.500. The van der Waals surface area contributed by atoms with E-state index in [0.717, 1.165) is 10.6 Å². The lowest BCUT2D eigenvalue weighted by Gasteiger charge is -2.11. The van der Waals surface area contributed by atoms with Gasteiger partial charge in [0.05, 0.1) is 27.7 Å². The van der Waals surface area contributed by atoms with Gasteiger partial charge in [-0.25, -0.2) is 9.67 Å². The third-order valence-electron chi connectivity index (χ3n) is 4.72. The van der Waals surface area contributed by atoms with Crippen molar-refractivity contribution in [2.24, 2.45) is 5.73 Å². The highest BCUT2D eigenvalue weighted by Gasteiger charge is 2.19. The number of nitrogens with one attached hydrogen (secondary N) is 1. The molecule has 30 heavy (non-hydrogen) atoms. The van der Waals surface area contributed by atoms with Crippen LogP contribution in [0.15, 0.2) is 48.7 Å². The molecule has 4 rings (SSSR count). The van der Waals surface area contributed by atoms with Crippen LogP contribution in [0.1, 0.15) is 45.5 Å². The number of fused-ring (bicyclic) bond motifs is 1. The van der Waals surface area contributed by atoms with E-state index in [0.29, 0.717) is 27.8 Å². The lowest BCUT2D eigenvalue weighted by molar-refractivity contribution is 0.0998. The molecule has 0 aliphatic heterocycles. The fourth-order valence-electron chi connectivity index (χ4n) is 3.20. The van der Waals surface area contributed by atoms with Gasteiger partial charge in [-0.1, -0.05) is 0 Å². The number of thiophene rings is 1. The van der Waals surface area contributed by atoms with Crippen LogP contribution in [0.25, 0.3) is 21.6 Å². The second-order valence-corrected chi connectivity index (χ2v) is 8.57. The SMILES string of the molecule is Cc1ccc(-c2cc(C(=O)Nc3ccc(C(N)=O)cc3)c3cnn(C(C)C)c3n2)s1. The molecule has 0 bridgehead atoms. The van der Waals surface area contributed by atoms with E-state index in [-0.39, 0.29) is 11.9 Å². The Kier molecular flexibility index (Phi) is 5.09.